The lowest BCUT2D eigenvalue weighted by molar-refractivity contribution is 0.392. The van der Waals surface area contributed by atoms with Gasteiger partial charge in [-0.25, -0.2) is 4.98 Å². The molecule has 2 aromatic rings. The zero-order chi connectivity index (χ0) is 10.8. The van der Waals surface area contributed by atoms with Crippen LogP contribution in [0, 0.1) is 0 Å². The number of para-hydroxylation sites is 1. The van der Waals surface area contributed by atoms with Gasteiger partial charge in [-0.05, 0) is 18.1 Å². The number of methoxy groups -OCH3 is 1. The third kappa shape index (κ3) is 1.80. The molecule has 15 heavy (non-hydrogen) atoms. The van der Waals surface area contributed by atoms with Crippen LogP contribution in [0.3, 0.4) is 0 Å². The van der Waals surface area contributed by atoms with Crippen molar-refractivity contribution in [2.24, 2.45) is 0 Å². The third-order valence-corrected chi connectivity index (χ3v) is 2.53. The van der Waals surface area contributed by atoms with E-state index in [1.165, 1.54) is 5.39 Å². The van der Waals surface area contributed by atoms with Gasteiger partial charge in [-0.3, -0.25) is 0 Å². The van der Waals surface area contributed by atoms with Crippen molar-refractivity contribution in [3.05, 3.63) is 35.9 Å². The van der Waals surface area contributed by atoms with Crippen LogP contribution in [0.4, 0.5) is 0 Å². The summed E-state index contributed by atoms with van der Waals surface area (Å²) in [6.45, 7) is 4.29. The van der Waals surface area contributed by atoms with E-state index in [2.05, 4.69) is 31.0 Å². The largest absolute Gasteiger partial charge is 0.481 e. The van der Waals surface area contributed by atoms with Crippen molar-refractivity contribution in [1.82, 2.24) is 4.98 Å². The molecule has 2 nitrogen and oxygen atoms in total. The third-order valence-electron chi connectivity index (χ3n) is 2.53. The van der Waals surface area contributed by atoms with Crippen LogP contribution in [0.1, 0.15) is 25.3 Å². The van der Waals surface area contributed by atoms with Gasteiger partial charge >= 0.3 is 0 Å². The second kappa shape index (κ2) is 3.89. The van der Waals surface area contributed by atoms with Gasteiger partial charge in [0, 0.05) is 10.9 Å². The fourth-order valence-corrected chi connectivity index (χ4v) is 1.69. The first-order valence-electron chi connectivity index (χ1n) is 5.16. The van der Waals surface area contributed by atoms with Crippen LogP contribution >= 0.6 is 0 Å². The number of ether oxygens (including phenoxy) is 1. The predicted molar refractivity (Wildman–Crippen MR) is 62.4 cm³/mol. The molecular weight excluding hydrogens is 186 g/mol. The summed E-state index contributed by atoms with van der Waals surface area (Å²) in [5.74, 6) is 1.17. The SMILES string of the molecule is COc1nc2ccccc2cc1C(C)C. The Morgan fingerprint density at radius 2 is 1.93 bits per heavy atom. The molecule has 0 spiro atoms. The van der Waals surface area contributed by atoms with Gasteiger partial charge in [-0.15, -0.1) is 0 Å². The van der Waals surface area contributed by atoms with E-state index < -0.39 is 0 Å². The molecule has 0 aliphatic rings. The number of hydrogen-bond donors (Lipinski definition) is 0. The quantitative estimate of drug-likeness (QED) is 0.743. The molecule has 0 saturated carbocycles. The Morgan fingerprint density at radius 1 is 1.20 bits per heavy atom. The molecule has 1 aromatic heterocycles. The van der Waals surface area contributed by atoms with Crippen molar-refractivity contribution in [2.45, 2.75) is 19.8 Å². The van der Waals surface area contributed by atoms with Gasteiger partial charge in [0.1, 0.15) is 0 Å². The normalized spacial score (nSPS) is 10.9. The summed E-state index contributed by atoms with van der Waals surface area (Å²) >= 11 is 0. The highest BCUT2D eigenvalue weighted by Gasteiger charge is 2.09. The van der Waals surface area contributed by atoms with E-state index in [4.69, 9.17) is 4.74 Å². The molecule has 0 aliphatic heterocycles. The van der Waals surface area contributed by atoms with Crippen molar-refractivity contribution >= 4 is 10.9 Å². The number of fused-ring (bicyclic) bond motifs is 1. The van der Waals surface area contributed by atoms with Gasteiger partial charge in [-0.2, -0.15) is 0 Å². The van der Waals surface area contributed by atoms with E-state index in [1.807, 2.05) is 18.2 Å². The van der Waals surface area contributed by atoms with Crippen LogP contribution < -0.4 is 4.74 Å². The van der Waals surface area contributed by atoms with Gasteiger partial charge in [0.15, 0.2) is 0 Å². The van der Waals surface area contributed by atoms with Gasteiger partial charge in [-0.1, -0.05) is 32.0 Å². The first-order valence-corrected chi connectivity index (χ1v) is 5.16. The Labute approximate surface area is 89.9 Å². The maximum atomic E-state index is 5.30. The molecule has 1 aromatic carbocycles. The molecule has 0 bridgehead atoms. The van der Waals surface area contributed by atoms with Gasteiger partial charge in [0.25, 0.3) is 0 Å². The van der Waals surface area contributed by atoms with E-state index in [0.717, 1.165) is 17.0 Å². The number of rotatable bonds is 2. The predicted octanol–water partition coefficient (Wildman–Crippen LogP) is 3.37. The Bertz CT molecular complexity index is 477. The molecule has 0 unspecified atom stereocenters. The topological polar surface area (TPSA) is 22.1 Å². The standard InChI is InChI=1S/C13H15NO/c1-9(2)11-8-10-6-4-5-7-12(10)14-13(11)15-3/h4-9H,1-3H3. The molecule has 0 N–H and O–H groups in total. The molecule has 78 valence electrons. The molecule has 0 aliphatic carbocycles. The lowest BCUT2D eigenvalue weighted by atomic mass is 10.0. The maximum Gasteiger partial charge on any atom is 0.217 e. The second-order valence-corrected chi connectivity index (χ2v) is 3.93. The minimum absolute atomic E-state index is 0.428. The average molecular weight is 201 g/mol. The first kappa shape index (κ1) is 9.97. The summed E-state index contributed by atoms with van der Waals surface area (Å²) in [4.78, 5) is 4.49. The van der Waals surface area contributed by atoms with E-state index in [0.29, 0.717) is 5.92 Å². The Balaban J connectivity index is 2.69. The number of hydrogen-bond acceptors (Lipinski definition) is 2. The number of nitrogens with zero attached hydrogens (tertiary/aromatic N) is 1. The van der Waals surface area contributed by atoms with Crippen LogP contribution in [0.15, 0.2) is 30.3 Å². The molecule has 0 radical (unpaired) electrons. The molecular formula is C13H15NO. The molecule has 0 amide bonds. The maximum absolute atomic E-state index is 5.30. The van der Waals surface area contributed by atoms with Crippen LogP contribution in [-0.2, 0) is 0 Å². The number of aromatic nitrogens is 1. The second-order valence-electron chi connectivity index (χ2n) is 3.93. The molecule has 2 heteroatoms. The van der Waals surface area contributed by atoms with E-state index in [9.17, 15) is 0 Å². The van der Waals surface area contributed by atoms with Crippen molar-refractivity contribution in [2.75, 3.05) is 7.11 Å². The number of pyridine rings is 1. The van der Waals surface area contributed by atoms with Crippen LogP contribution in [-0.4, -0.2) is 12.1 Å². The highest BCUT2D eigenvalue weighted by Crippen LogP contribution is 2.27. The average Bonchev–Trinajstić information content (AvgIpc) is 2.27. The highest BCUT2D eigenvalue weighted by atomic mass is 16.5. The minimum Gasteiger partial charge on any atom is -0.481 e. The molecule has 0 fully saturated rings. The smallest absolute Gasteiger partial charge is 0.217 e. The lowest BCUT2D eigenvalue weighted by Crippen LogP contribution is -1.97. The van der Waals surface area contributed by atoms with Crippen molar-refractivity contribution in [3.8, 4) is 5.88 Å². The lowest BCUT2D eigenvalue weighted by Gasteiger charge is -2.11. The van der Waals surface area contributed by atoms with E-state index in [-0.39, 0.29) is 0 Å². The van der Waals surface area contributed by atoms with Crippen LogP contribution in [0.5, 0.6) is 5.88 Å². The molecule has 0 atom stereocenters. The summed E-state index contributed by atoms with van der Waals surface area (Å²) in [5, 5.41) is 1.17. The molecule has 2 rings (SSSR count). The Hall–Kier alpha value is -1.57. The fourth-order valence-electron chi connectivity index (χ4n) is 1.69. The summed E-state index contributed by atoms with van der Waals surface area (Å²) in [7, 11) is 1.67. The summed E-state index contributed by atoms with van der Waals surface area (Å²) in [6.07, 6.45) is 0. The molecule has 0 saturated heterocycles. The first-order chi connectivity index (χ1) is 7.22. The summed E-state index contributed by atoms with van der Waals surface area (Å²) in [6, 6.07) is 10.3. The zero-order valence-electron chi connectivity index (χ0n) is 9.32. The monoisotopic (exact) mass is 201 g/mol. The van der Waals surface area contributed by atoms with Gasteiger partial charge in [0.05, 0.1) is 12.6 Å². The Kier molecular flexibility index (Phi) is 2.58. The summed E-state index contributed by atoms with van der Waals surface area (Å²) in [5.41, 5.74) is 2.15. The van der Waals surface area contributed by atoms with Crippen molar-refractivity contribution in [1.29, 1.82) is 0 Å². The highest BCUT2D eigenvalue weighted by molar-refractivity contribution is 5.80. The van der Waals surface area contributed by atoms with Crippen LogP contribution in [0.25, 0.3) is 10.9 Å². The Morgan fingerprint density at radius 3 is 2.60 bits per heavy atom. The van der Waals surface area contributed by atoms with E-state index in [1.54, 1.807) is 7.11 Å². The van der Waals surface area contributed by atoms with Gasteiger partial charge < -0.3 is 4.74 Å². The molecule has 1 heterocycles. The zero-order valence-corrected chi connectivity index (χ0v) is 9.32. The minimum atomic E-state index is 0.428. The fraction of sp³-hybridized carbons (Fsp3) is 0.308. The van der Waals surface area contributed by atoms with Crippen molar-refractivity contribution < 1.29 is 4.74 Å². The van der Waals surface area contributed by atoms with Crippen molar-refractivity contribution in [3.63, 3.8) is 0 Å². The van der Waals surface area contributed by atoms with E-state index >= 15 is 0 Å². The number of benzene rings is 1. The van der Waals surface area contributed by atoms with Gasteiger partial charge in [0.2, 0.25) is 5.88 Å². The summed E-state index contributed by atoms with van der Waals surface area (Å²) < 4.78 is 5.30. The van der Waals surface area contributed by atoms with Crippen LogP contribution in [0.2, 0.25) is 0 Å².